The molecule has 0 radical (unpaired) electrons. The molecule has 1 amide bonds. The third-order valence-electron chi connectivity index (χ3n) is 5.33. The van der Waals surface area contributed by atoms with Crippen molar-refractivity contribution in [1.29, 1.82) is 0 Å². The SMILES string of the molecule is COc1cccc(C(=O)NC(=S)Nc2cc(-c3nc4cc(C(C)C)ccc4o3)ccc2OC)c1. The Kier molecular flexibility index (Phi) is 6.79. The van der Waals surface area contributed by atoms with Gasteiger partial charge in [-0.1, -0.05) is 26.0 Å². The summed E-state index contributed by atoms with van der Waals surface area (Å²) in [4.78, 5) is 17.2. The normalized spacial score (nSPS) is 10.9. The summed E-state index contributed by atoms with van der Waals surface area (Å²) in [6.45, 7) is 4.28. The van der Waals surface area contributed by atoms with E-state index in [0.717, 1.165) is 11.1 Å². The summed E-state index contributed by atoms with van der Waals surface area (Å²) >= 11 is 5.36. The van der Waals surface area contributed by atoms with Crippen LogP contribution in [0.4, 0.5) is 5.69 Å². The molecule has 0 bridgehead atoms. The van der Waals surface area contributed by atoms with E-state index < -0.39 is 0 Å². The molecule has 0 aliphatic rings. The molecule has 0 spiro atoms. The van der Waals surface area contributed by atoms with Gasteiger partial charge in [0.05, 0.1) is 19.9 Å². The maximum Gasteiger partial charge on any atom is 0.257 e. The molecular formula is C26H25N3O4S. The molecule has 0 aliphatic heterocycles. The van der Waals surface area contributed by atoms with Crippen LogP contribution in [0, 0.1) is 0 Å². The highest BCUT2D eigenvalue weighted by atomic mass is 32.1. The van der Waals surface area contributed by atoms with Crippen molar-refractivity contribution in [2.45, 2.75) is 19.8 Å². The van der Waals surface area contributed by atoms with E-state index in [1.54, 1.807) is 44.6 Å². The summed E-state index contributed by atoms with van der Waals surface area (Å²) < 4.78 is 16.6. The maximum atomic E-state index is 12.6. The molecular weight excluding hydrogens is 450 g/mol. The van der Waals surface area contributed by atoms with Crippen molar-refractivity contribution in [3.8, 4) is 23.0 Å². The van der Waals surface area contributed by atoms with Crippen molar-refractivity contribution in [3.05, 3.63) is 71.8 Å². The van der Waals surface area contributed by atoms with Gasteiger partial charge in [0.2, 0.25) is 5.89 Å². The number of nitrogens with zero attached hydrogens (tertiary/aromatic N) is 1. The first kappa shape index (κ1) is 23.3. The van der Waals surface area contributed by atoms with Gasteiger partial charge in [0.15, 0.2) is 10.7 Å². The summed E-state index contributed by atoms with van der Waals surface area (Å²) in [6, 6.07) is 18.3. The molecule has 0 unspecified atom stereocenters. The number of anilines is 1. The van der Waals surface area contributed by atoms with Crippen LogP contribution in [0.25, 0.3) is 22.6 Å². The van der Waals surface area contributed by atoms with Crippen LogP contribution in [0.3, 0.4) is 0 Å². The van der Waals surface area contributed by atoms with Crippen molar-refractivity contribution in [2.24, 2.45) is 0 Å². The molecule has 2 N–H and O–H groups in total. The average Bonchev–Trinajstić information content (AvgIpc) is 3.27. The molecule has 1 heterocycles. The first-order valence-electron chi connectivity index (χ1n) is 10.7. The second-order valence-corrected chi connectivity index (χ2v) is 8.36. The fourth-order valence-electron chi connectivity index (χ4n) is 3.46. The Balaban J connectivity index is 1.56. The molecule has 8 heteroatoms. The summed E-state index contributed by atoms with van der Waals surface area (Å²) in [5.41, 5.74) is 4.45. The summed E-state index contributed by atoms with van der Waals surface area (Å²) in [5, 5.41) is 5.84. The number of nitrogens with one attached hydrogen (secondary N) is 2. The largest absolute Gasteiger partial charge is 0.497 e. The quantitative estimate of drug-likeness (QED) is 0.343. The van der Waals surface area contributed by atoms with Crippen molar-refractivity contribution < 1.29 is 18.7 Å². The molecule has 3 aromatic carbocycles. The number of carbonyl (C=O) groups is 1. The molecule has 1 aromatic heterocycles. The third kappa shape index (κ3) is 5.02. The van der Waals surface area contributed by atoms with Crippen LogP contribution in [-0.2, 0) is 0 Å². The number of thiocarbonyl (C=S) groups is 1. The second kappa shape index (κ2) is 9.93. The lowest BCUT2D eigenvalue weighted by atomic mass is 10.0. The summed E-state index contributed by atoms with van der Waals surface area (Å²) in [7, 11) is 3.10. The molecule has 174 valence electrons. The standard InChI is InChI=1S/C26H25N3O4S/c1-15(2)16-8-11-23-21(13-16)27-25(33-23)18-9-10-22(32-4)20(14-18)28-26(34)29-24(30)17-6-5-7-19(12-17)31-3/h5-15H,1-4H3,(H2,28,29,30,34). The minimum atomic E-state index is -0.355. The zero-order valence-corrected chi connectivity index (χ0v) is 20.2. The van der Waals surface area contributed by atoms with Crippen molar-refractivity contribution >= 4 is 40.0 Å². The molecule has 4 aromatic rings. The van der Waals surface area contributed by atoms with Crippen molar-refractivity contribution in [2.75, 3.05) is 19.5 Å². The lowest BCUT2D eigenvalue weighted by Crippen LogP contribution is -2.34. The first-order valence-corrected chi connectivity index (χ1v) is 11.1. The van der Waals surface area contributed by atoms with Crippen LogP contribution < -0.4 is 20.1 Å². The fourth-order valence-corrected chi connectivity index (χ4v) is 3.66. The lowest BCUT2D eigenvalue weighted by molar-refractivity contribution is 0.0977. The van der Waals surface area contributed by atoms with E-state index in [1.807, 2.05) is 30.3 Å². The van der Waals surface area contributed by atoms with Crippen LogP contribution in [0.5, 0.6) is 11.5 Å². The molecule has 4 rings (SSSR count). The molecule has 0 saturated carbocycles. The van der Waals surface area contributed by atoms with Crippen LogP contribution >= 0.6 is 12.2 Å². The Bertz CT molecular complexity index is 1360. The predicted molar refractivity (Wildman–Crippen MR) is 137 cm³/mol. The second-order valence-electron chi connectivity index (χ2n) is 7.96. The maximum absolute atomic E-state index is 12.6. The molecule has 0 atom stereocenters. The van der Waals surface area contributed by atoms with E-state index in [9.17, 15) is 4.79 Å². The minimum Gasteiger partial charge on any atom is -0.497 e. The fraction of sp³-hybridized carbons (Fsp3) is 0.192. The molecule has 0 saturated heterocycles. The minimum absolute atomic E-state index is 0.127. The van der Waals surface area contributed by atoms with Gasteiger partial charge in [-0.2, -0.15) is 0 Å². The summed E-state index contributed by atoms with van der Waals surface area (Å²) in [6.07, 6.45) is 0. The molecule has 0 aliphatic carbocycles. The van der Waals surface area contributed by atoms with E-state index in [-0.39, 0.29) is 11.0 Å². The van der Waals surface area contributed by atoms with Crippen molar-refractivity contribution in [3.63, 3.8) is 0 Å². The molecule has 34 heavy (non-hydrogen) atoms. The Morgan fingerprint density at radius 1 is 1.03 bits per heavy atom. The van der Waals surface area contributed by atoms with E-state index >= 15 is 0 Å². The molecule has 0 fully saturated rings. The number of fused-ring (bicyclic) bond motifs is 1. The highest BCUT2D eigenvalue weighted by Gasteiger charge is 2.15. The lowest BCUT2D eigenvalue weighted by Gasteiger charge is -2.14. The Hall–Kier alpha value is -3.91. The number of benzene rings is 3. The monoisotopic (exact) mass is 475 g/mol. The number of methoxy groups -OCH3 is 2. The molecule has 7 nitrogen and oxygen atoms in total. The number of amides is 1. The highest BCUT2D eigenvalue weighted by molar-refractivity contribution is 7.80. The van der Waals surface area contributed by atoms with Gasteiger partial charge < -0.3 is 19.2 Å². The number of oxazole rings is 1. The van der Waals surface area contributed by atoms with Crippen LogP contribution in [0.15, 0.2) is 65.1 Å². The zero-order chi connectivity index (χ0) is 24.2. The first-order chi connectivity index (χ1) is 16.4. The van der Waals surface area contributed by atoms with Crippen molar-refractivity contribution in [1.82, 2.24) is 10.3 Å². The van der Waals surface area contributed by atoms with E-state index in [0.29, 0.717) is 40.1 Å². The number of aromatic nitrogens is 1. The number of hydrogen-bond donors (Lipinski definition) is 2. The van der Waals surface area contributed by atoms with E-state index in [2.05, 4.69) is 29.5 Å². The van der Waals surface area contributed by atoms with Gasteiger partial charge in [0.25, 0.3) is 5.91 Å². The number of rotatable bonds is 6. The van der Waals surface area contributed by atoms with E-state index in [1.165, 1.54) is 5.56 Å². The number of hydrogen-bond acceptors (Lipinski definition) is 6. The smallest absolute Gasteiger partial charge is 0.257 e. The third-order valence-corrected chi connectivity index (χ3v) is 5.54. The van der Waals surface area contributed by atoms with Crippen LogP contribution in [-0.4, -0.2) is 30.2 Å². The van der Waals surface area contributed by atoms with Gasteiger partial charge >= 0.3 is 0 Å². The Morgan fingerprint density at radius 2 is 1.85 bits per heavy atom. The average molecular weight is 476 g/mol. The van der Waals surface area contributed by atoms with Crippen LogP contribution in [0.1, 0.15) is 35.7 Å². The van der Waals surface area contributed by atoms with Gasteiger partial charge in [-0.05, 0) is 72.2 Å². The highest BCUT2D eigenvalue weighted by Crippen LogP contribution is 2.32. The number of carbonyl (C=O) groups excluding carboxylic acids is 1. The van der Waals surface area contributed by atoms with Gasteiger partial charge in [-0.25, -0.2) is 4.98 Å². The predicted octanol–water partition coefficient (Wildman–Crippen LogP) is 5.76. The zero-order valence-electron chi connectivity index (χ0n) is 19.3. The topological polar surface area (TPSA) is 85.6 Å². The number of ether oxygens (including phenoxy) is 2. The Labute approximate surface area is 203 Å². The van der Waals surface area contributed by atoms with E-state index in [4.69, 9.17) is 26.1 Å². The Morgan fingerprint density at radius 3 is 2.59 bits per heavy atom. The van der Waals surface area contributed by atoms with Gasteiger partial charge in [0, 0.05) is 11.1 Å². The van der Waals surface area contributed by atoms with Gasteiger partial charge in [0.1, 0.15) is 17.0 Å². The summed E-state index contributed by atoms with van der Waals surface area (Å²) in [5.74, 6) is 1.66. The van der Waals surface area contributed by atoms with Gasteiger partial charge in [-0.3, -0.25) is 10.1 Å². The van der Waals surface area contributed by atoms with Crippen LogP contribution in [0.2, 0.25) is 0 Å². The van der Waals surface area contributed by atoms with Gasteiger partial charge in [-0.15, -0.1) is 0 Å².